The van der Waals surface area contributed by atoms with E-state index in [0.29, 0.717) is 12.5 Å². The molecule has 1 aliphatic rings. The highest BCUT2D eigenvalue weighted by Crippen LogP contribution is 2.27. The molecule has 1 saturated carbocycles. The van der Waals surface area contributed by atoms with Gasteiger partial charge in [0.2, 0.25) is 5.88 Å². The maximum absolute atomic E-state index is 11.6. The number of ether oxygens (including phenoxy) is 2. The van der Waals surface area contributed by atoms with E-state index in [1.807, 2.05) is 6.92 Å². The van der Waals surface area contributed by atoms with E-state index in [-0.39, 0.29) is 18.0 Å². The van der Waals surface area contributed by atoms with Crippen molar-refractivity contribution in [3.63, 3.8) is 0 Å². The molecule has 0 saturated heterocycles. The summed E-state index contributed by atoms with van der Waals surface area (Å²) in [6, 6.07) is 3.59. The third kappa shape index (κ3) is 3.42. The first-order valence-electron chi connectivity index (χ1n) is 6.40. The van der Waals surface area contributed by atoms with Crippen molar-refractivity contribution in [3.8, 4) is 5.88 Å². The van der Waals surface area contributed by atoms with Gasteiger partial charge in [-0.3, -0.25) is 4.79 Å². The van der Waals surface area contributed by atoms with E-state index in [0.717, 1.165) is 25.7 Å². The van der Waals surface area contributed by atoms with Crippen LogP contribution in [0.15, 0.2) is 18.3 Å². The second-order valence-corrected chi connectivity index (χ2v) is 4.41. The first kappa shape index (κ1) is 12.8. The van der Waals surface area contributed by atoms with E-state index in [1.54, 1.807) is 18.3 Å². The van der Waals surface area contributed by atoms with Crippen molar-refractivity contribution in [2.24, 2.45) is 5.92 Å². The molecule has 0 aromatic carbocycles. The lowest BCUT2D eigenvalue weighted by Crippen LogP contribution is -2.29. The molecule has 5 nitrogen and oxygen atoms in total. The summed E-state index contributed by atoms with van der Waals surface area (Å²) in [5, 5.41) is 7.66. The van der Waals surface area contributed by atoms with Crippen LogP contribution in [-0.2, 0) is 9.53 Å². The molecule has 1 aromatic rings. The fraction of sp³-hybridized carbons (Fsp3) is 0.615. The molecule has 1 aliphatic carbocycles. The van der Waals surface area contributed by atoms with Gasteiger partial charge in [-0.1, -0.05) is 0 Å². The molecule has 0 aliphatic heterocycles. The summed E-state index contributed by atoms with van der Waals surface area (Å²) in [6.07, 6.45) is 5.12. The molecule has 0 N–H and O–H groups in total. The van der Waals surface area contributed by atoms with Gasteiger partial charge in [-0.05, 0) is 38.7 Å². The second kappa shape index (κ2) is 6.33. The normalized spacial score (nSPS) is 23.4. The van der Waals surface area contributed by atoms with Gasteiger partial charge in [-0.25, -0.2) is 0 Å². The Balaban J connectivity index is 1.78. The third-order valence-electron chi connectivity index (χ3n) is 3.13. The zero-order valence-electron chi connectivity index (χ0n) is 10.5. The molecule has 2 rings (SSSR count). The number of carbonyl (C=O) groups excluding carboxylic acids is 1. The summed E-state index contributed by atoms with van der Waals surface area (Å²) in [5.41, 5.74) is 0. The Morgan fingerprint density at radius 3 is 2.78 bits per heavy atom. The molecule has 98 valence electrons. The smallest absolute Gasteiger partial charge is 0.308 e. The monoisotopic (exact) mass is 250 g/mol. The van der Waals surface area contributed by atoms with Gasteiger partial charge in [0.1, 0.15) is 6.10 Å². The Kier molecular flexibility index (Phi) is 4.50. The maximum atomic E-state index is 11.6. The minimum absolute atomic E-state index is 0.0339. The molecular weight excluding hydrogens is 232 g/mol. The maximum Gasteiger partial charge on any atom is 0.308 e. The first-order valence-corrected chi connectivity index (χ1v) is 6.40. The molecule has 0 atom stereocenters. The van der Waals surface area contributed by atoms with E-state index < -0.39 is 0 Å². The van der Waals surface area contributed by atoms with Crippen LogP contribution in [0.5, 0.6) is 5.88 Å². The summed E-state index contributed by atoms with van der Waals surface area (Å²) in [5.74, 6) is 0.513. The van der Waals surface area contributed by atoms with Crippen LogP contribution in [0.3, 0.4) is 0 Å². The number of esters is 1. The lowest BCUT2D eigenvalue weighted by Gasteiger charge is -2.27. The van der Waals surface area contributed by atoms with E-state index in [1.165, 1.54) is 0 Å². The van der Waals surface area contributed by atoms with Gasteiger partial charge in [0.15, 0.2) is 0 Å². The molecule has 0 bridgehead atoms. The van der Waals surface area contributed by atoms with Crippen LogP contribution in [0.2, 0.25) is 0 Å². The first-order chi connectivity index (χ1) is 8.79. The standard InChI is InChI=1S/C13H18N2O3/c1-2-17-13(16)10-5-7-11(8-6-10)18-12-4-3-9-14-15-12/h3-4,9-11H,2,5-8H2,1H3. The highest BCUT2D eigenvalue weighted by Gasteiger charge is 2.28. The summed E-state index contributed by atoms with van der Waals surface area (Å²) >= 11 is 0. The van der Waals surface area contributed by atoms with Crippen molar-refractivity contribution in [2.45, 2.75) is 38.7 Å². The van der Waals surface area contributed by atoms with Crippen LogP contribution in [0.4, 0.5) is 0 Å². The van der Waals surface area contributed by atoms with Gasteiger partial charge in [0.25, 0.3) is 0 Å². The highest BCUT2D eigenvalue weighted by atomic mass is 16.5. The SMILES string of the molecule is CCOC(=O)C1CCC(Oc2cccnn2)CC1. The summed E-state index contributed by atoms with van der Waals surface area (Å²) in [6.45, 7) is 2.29. The highest BCUT2D eigenvalue weighted by molar-refractivity contribution is 5.72. The summed E-state index contributed by atoms with van der Waals surface area (Å²) in [4.78, 5) is 11.6. The lowest BCUT2D eigenvalue weighted by molar-refractivity contribution is -0.149. The number of rotatable bonds is 4. The van der Waals surface area contributed by atoms with Crippen LogP contribution >= 0.6 is 0 Å². The van der Waals surface area contributed by atoms with Gasteiger partial charge in [0, 0.05) is 12.3 Å². The predicted molar refractivity (Wildman–Crippen MR) is 65.0 cm³/mol. The van der Waals surface area contributed by atoms with E-state index in [2.05, 4.69) is 10.2 Å². The number of carbonyl (C=O) groups is 1. The van der Waals surface area contributed by atoms with Gasteiger partial charge in [0.05, 0.1) is 12.5 Å². The molecule has 0 amide bonds. The molecule has 1 fully saturated rings. The van der Waals surface area contributed by atoms with Crippen LogP contribution in [0.25, 0.3) is 0 Å². The number of aromatic nitrogens is 2. The number of nitrogens with zero attached hydrogens (tertiary/aromatic N) is 2. The quantitative estimate of drug-likeness (QED) is 0.765. The Labute approximate surface area is 107 Å². The average Bonchev–Trinajstić information content (AvgIpc) is 2.41. The fourth-order valence-corrected chi connectivity index (χ4v) is 2.20. The Bertz CT molecular complexity index is 375. The number of hydrogen-bond acceptors (Lipinski definition) is 5. The molecule has 0 unspecified atom stereocenters. The van der Waals surface area contributed by atoms with Crippen molar-refractivity contribution in [1.82, 2.24) is 10.2 Å². The fourth-order valence-electron chi connectivity index (χ4n) is 2.20. The zero-order chi connectivity index (χ0) is 12.8. The van der Waals surface area contributed by atoms with E-state index in [4.69, 9.17) is 9.47 Å². The minimum atomic E-state index is -0.0737. The van der Waals surface area contributed by atoms with Crippen molar-refractivity contribution in [2.75, 3.05) is 6.61 Å². The van der Waals surface area contributed by atoms with E-state index >= 15 is 0 Å². The van der Waals surface area contributed by atoms with Crippen molar-refractivity contribution >= 4 is 5.97 Å². The van der Waals surface area contributed by atoms with Crippen LogP contribution in [0.1, 0.15) is 32.6 Å². The van der Waals surface area contributed by atoms with Crippen molar-refractivity contribution in [1.29, 1.82) is 0 Å². The average molecular weight is 250 g/mol. The number of hydrogen-bond donors (Lipinski definition) is 0. The van der Waals surface area contributed by atoms with Crippen molar-refractivity contribution < 1.29 is 14.3 Å². The van der Waals surface area contributed by atoms with Crippen molar-refractivity contribution in [3.05, 3.63) is 18.3 Å². The second-order valence-electron chi connectivity index (χ2n) is 4.41. The molecule has 18 heavy (non-hydrogen) atoms. The van der Waals surface area contributed by atoms with Crippen LogP contribution in [-0.4, -0.2) is 28.9 Å². The molecule has 5 heteroatoms. The molecule has 0 spiro atoms. The van der Waals surface area contributed by atoms with Gasteiger partial charge in [-0.15, -0.1) is 5.10 Å². The predicted octanol–water partition coefficient (Wildman–Crippen LogP) is 1.98. The molecule has 1 heterocycles. The Morgan fingerprint density at radius 2 is 2.17 bits per heavy atom. The Morgan fingerprint density at radius 1 is 1.39 bits per heavy atom. The third-order valence-corrected chi connectivity index (χ3v) is 3.13. The largest absolute Gasteiger partial charge is 0.473 e. The van der Waals surface area contributed by atoms with Crippen LogP contribution < -0.4 is 4.74 Å². The minimum Gasteiger partial charge on any atom is -0.473 e. The van der Waals surface area contributed by atoms with Gasteiger partial charge >= 0.3 is 5.97 Å². The van der Waals surface area contributed by atoms with Crippen LogP contribution in [0, 0.1) is 5.92 Å². The summed E-state index contributed by atoms with van der Waals surface area (Å²) < 4.78 is 10.8. The molecular formula is C13H18N2O3. The molecule has 0 radical (unpaired) electrons. The van der Waals surface area contributed by atoms with Gasteiger partial charge < -0.3 is 9.47 Å². The van der Waals surface area contributed by atoms with E-state index in [9.17, 15) is 4.79 Å². The zero-order valence-corrected chi connectivity index (χ0v) is 10.5. The molecule has 1 aromatic heterocycles. The lowest BCUT2D eigenvalue weighted by atomic mass is 9.87. The topological polar surface area (TPSA) is 61.3 Å². The summed E-state index contributed by atoms with van der Waals surface area (Å²) in [7, 11) is 0. The Hall–Kier alpha value is -1.65. The van der Waals surface area contributed by atoms with Gasteiger partial charge in [-0.2, -0.15) is 5.10 Å².